The Morgan fingerprint density at radius 3 is 2.83 bits per heavy atom. The maximum atomic E-state index is 4.60. The van der Waals surface area contributed by atoms with Gasteiger partial charge in [0.15, 0.2) is 17.4 Å². The summed E-state index contributed by atoms with van der Waals surface area (Å²) < 4.78 is 1.95. The molecule has 3 heterocycles. The minimum Gasteiger partial charge on any atom is -0.357 e. The summed E-state index contributed by atoms with van der Waals surface area (Å²) in [6.45, 7) is 6.23. The zero-order chi connectivity index (χ0) is 16.1. The Morgan fingerprint density at radius 2 is 2.08 bits per heavy atom. The Hall–Kier alpha value is -1.68. The second-order valence-corrected chi connectivity index (χ2v) is 6.48. The lowest BCUT2D eigenvalue weighted by molar-refractivity contribution is 0.804. The Balaban J connectivity index is 0.00000208. The fourth-order valence-electron chi connectivity index (χ4n) is 2.24. The van der Waals surface area contributed by atoms with Crippen molar-refractivity contribution in [1.29, 1.82) is 0 Å². The van der Waals surface area contributed by atoms with Crippen LogP contribution in [0.4, 0.5) is 0 Å². The van der Waals surface area contributed by atoms with Crippen LogP contribution in [0.3, 0.4) is 0 Å². The highest BCUT2D eigenvalue weighted by Gasteiger charge is 2.05. The molecule has 0 saturated carbocycles. The highest BCUT2D eigenvalue weighted by atomic mass is 127. The van der Waals surface area contributed by atoms with Gasteiger partial charge in [-0.2, -0.15) is 0 Å². The number of aromatic nitrogens is 3. The van der Waals surface area contributed by atoms with E-state index in [4.69, 9.17) is 0 Å². The molecule has 24 heavy (non-hydrogen) atoms. The molecule has 0 atom stereocenters. The summed E-state index contributed by atoms with van der Waals surface area (Å²) >= 11 is 1.79. The van der Waals surface area contributed by atoms with E-state index in [0.717, 1.165) is 30.5 Å². The van der Waals surface area contributed by atoms with E-state index < -0.39 is 0 Å². The molecule has 0 aliphatic rings. The van der Waals surface area contributed by atoms with E-state index in [2.05, 4.69) is 51.8 Å². The van der Waals surface area contributed by atoms with Crippen LogP contribution in [0.2, 0.25) is 0 Å². The molecule has 0 fully saturated rings. The van der Waals surface area contributed by atoms with Crippen LogP contribution in [0.1, 0.15) is 22.5 Å². The molecule has 8 heteroatoms. The van der Waals surface area contributed by atoms with Gasteiger partial charge in [0.05, 0.1) is 6.54 Å². The molecule has 3 rings (SSSR count). The van der Waals surface area contributed by atoms with Crippen LogP contribution in [0.25, 0.3) is 5.65 Å². The van der Waals surface area contributed by atoms with Gasteiger partial charge in [-0.25, -0.2) is 4.99 Å². The highest BCUT2D eigenvalue weighted by molar-refractivity contribution is 14.0. The smallest absolute Gasteiger partial charge is 0.191 e. The summed E-state index contributed by atoms with van der Waals surface area (Å²) in [6, 6.07) is 10.1. The molecule has 2 N–H and O–H groups in total. The third-order valence-corrected chi connectivity index (χ3v) is 4.33. The normalized spacial score (nSPS) is 11.3. The number of fused-ring (bicyclic) bond motifs is 1. The summed E-state index contributed by atoms with van der Waals surface area (Å²) in [6.07, 6.45) is 1.95. The van der Waals surface area contributed by atoms with Crippen molar-refractivity contribution < 1.29 is 0 Å². The SMILES string of the molecule is CCNC(=NCc1nnc2ccccn12)NCc1ccc(C)s1.I. The maximum Gasteiger partial charge on any atom is 0.191 e. The molecular weight excluding hydrogens is 435 g/mol. The third kappa shape index (κ3) is 4.67. The lowest BCUT2D eigenvalue weighted by atomic mass is 10.4. The molecule has 6 nitrogen and oxygen atoms in total. The monoisotopic (exact) mass is 456 g/mol. The number of nitrogens with one attached hydrogen (secondary N) is 2. The molecule has 0 saturated heterocycles. The van der Waals surface area contributed by atoms with Crippen molar-refractivity contribution in [2.45, 2.75) is 26.9 Å². The Kier molecular flexibility index (Phi) is 6.98. The largest absolute Gasteiger partial charge is 0.357 e. The van der Waals surface area contributed by atoms with E-state index in [1.165, 1.54) is 9.75 Å². The molecule has 0 amide bonds. The number of aliphatic imine (C=N–C) groups is 1. The van der Waals surface area contributed by atoms with Crippen LogP contribution in [0.5, 0.6) is 0 Å². The Morgan fingerprint density at radius 1 is 1.21 bits per heavy atom. The van der Waals surface area contributed by atoms with Crippen LogP contribution in [-0.2, 0) is 13.1 Å². The van der Waals surface area contributed by atoms with Crippen LogP contribution in [-0.4, -0.2) is 27.1 Å². The van der Waals surface area contributed by atoms with Crippen molar-refractivity contribution in [3.05, 3.63) is 52.1 Å². The third-order valence-electron chi connectivity index (χ3n) is 3.33. The van der Waals surface area contributed by atoms with Crippen molar-refractivity contribution in [2.75, 3.05) is 6.54 Å². The number of thiophene rings is 1. The lowest BCUT2D eigenvalue weighted by Crippen LogP contribution is -2.36. The van der Waals surface area contributed by atoms with E-state index >= 15 is 0 Å². The van der Waals surface area contributed by atoms with Crippen molar-refractivity contribution in [3.63, 3.8) is 0 Å². The zero-order valence-corrected chi connectivity index (χ0v) is 16.8. The van der Waals surface area contributed by atoms with Gasteiger partial charge in [0.1, 0.15) is 6.54 Å². The molecule has 0 aromatic carbocycles. The number of pyridine rings is 1. The van der Waals surface area contributed by atoms with Crippen LogP contribution < -0.4 is 10.6 Å². The molecule has 128 valence electrons. The fourth-order valence-corrected chi connectivity index (χ4v) is 3.07. The average molecular weight is 456 g/mol. The molecule has 0 unspecified atom stereocenters. The molecule has 0 spiro atoms. The standard InChI is InChI=1S/C16H20N6S.HI/c1-3-17-16(18-10-13-8-7-12(2)23-13)19-11-15-21-20-14-6-4-5-9-22(14)15;/h4-9H,3,10-11H2,1-2H3,(H2,17,18,19);1H. The first-order chi connectivity index (χ1) is 11.3. The van der Waals surface area contributed by atoms with E-state index in [1.54, 1.807) is 11.3 Å². The van der Waals surface area contributed by atoms with Crippen molar-refractivity contribution in [1.82, 2.24) is 25.2 Å². The van der Waals surface area contributed by atoms with Gasteiger partial charge >= 0.3 is 0 Å². The lowest BCUT2D eigenvalue weighted by Gasteiger charge is -2.10. The van der Waals surface area contributed by atoms with E-state index in [0.29, 0.717) is 6.54 Å². The molecule has 0 bridgehead atoms. The van der Waals surface area contributed by atoms with Gasteiger partial charge in [0.2, 0.25) is 0 Å². The van der Waals surface area contributed by atoms with Gasteiger partial charge in [0, 0.05) is 22.5 Å². The van der Waals surface area contributed by atoms with Crippen LogP contribution >= 0.6 is 35.3 Å². The number of aryl methyl sites for hydroxylation is 1. The van der Waals surface area contributed by atoms with Gasteiger partial charge in [-0.05, 0) is 38.1 Å². The minimum atomic E-state index is 0. The molecule has 0 aliphatic heterocycles. The number of hydrogen-bond acceptors (Lipinski definition) is 4. The summed E-state index contributed by atoms with van der Waals surface area (Å²) in [5.41, 5.74) is 0.838. The Bertz CT molecular complexity index is 810. The number of nitrogens with zero attached hydrogens (tertiary/aromatic N) is 4. The van der Waals surface area contributed by atoms with Gasteiger partial charge in [0.25, 0.3) is 0 Å². The van der Waals surface area contributed by atoms with Crippen molar-refractivity contribution in [2.24, 2.45) is 4.99 Å². The Labute approximate surface area is 162 Å². The average Bonchev–Trinajstić information content (AvgIpc) is 3.16. The molecule has 3 aromatic heterocycles. The first-order valence-electron chi connectivity index (χ1n) is 7.62. The first-order valence-corrected chi connectivity index (χ1v) is 8.44. The van der Waals surface area contributed by atoms with Crippen LogP contribution in [0.15, 0.2) is 41.5 Å². The van der Waals surface area contributed by atoms with E-state index in [9.17, 15) is 0 Å². The molecule has 0 radical (unpaired) electrons. The van der Waals surface area contributed by atoms with Gasteiger partial charge in [-0.1, -0.05) is 6.07 Å². The zero-order valence-electron chi connectivity index (χ0n) is 13.7. The predicted octanol–water partition coefficient (Wildman–Crippen LogP) is 2.97. The number of guanidine groups is 1. The van der Waals surface area contributed by atoms with Crippen molar-refractivity contribution >= 4 is 46.9 Å². The summed E-state index contributed by atoms with van der Waals surface area (Å²) in [5, 5.41) is 15.0. The number of hydrogen-bond donors (Lipinski definition) is 2. The second-order valence-electron chi connectivity index (χ2n) is 5.11. The quantitative estimate of drug-likeness (QED) is 0.352. The number of halogens is 1. The van der Waals surface area contributed by atoms with Gasteiger partial charge in [-0.3, -0.25) is 4.40 Å². The van der Waals surface area contributed by atoms with Crippen molar-refractivity contribution in [3.8, 4) is 0 Å². The molecule has 3 aromatic rings. The minimum absolute atomic E-state index is 0. The first kappa shape index (κ1) is 18.7. The highest BCUT2D eigenvalue weighted by Crippen LogP contribution is 2.14. The summed E-state index contributed by atoms with van der Waals surface area (Å²) in [4.78, 5) is 7.21. The topological polar surface area (TPSA) is 66.6 Å². The maximum absolute atomic E-state index is 4.60. The van der Waals surface area contributed by atoms with E-state index in [-0.39, 0.29) is 24.0 Å². The summed E-state index contributed by atoms with van der Waals surface area (Å²) in [7, 11) is 0. The van der Waals surface area contributed by atoms with Crippen LogP contribution in [0, 0.1) is 6.92 Å². The van der Waals surface area contributed by atoms with Gasteiger partial charge in [-0.15, -0.1) is 45.5 Å². The predicted molar refractivity (Wildman–Crippen MR) is 109 cm³/mol. The van der Waals surface area contributed by atoms with Gasteiger partial charge < -0.3 is 10.6 Å². The molecular formula is C16H21IN6S. The summed E-state index contributed by atoms with van der Waals surface area (Å²) in [5.74, 6) is 1.61. The molecule has 0 aliphatic carbocycles. The number of rotatable bonds is 5. The fraction of sp³-hybridized carbons (Fsp3) is 0.312. The van der Waals surface area contributed by atoms with E-state index in [1.807, 2.05) is 28.8 Å². The second kappa shape index (κ2) is 8.97.